The number of methoxy groups -OCH3 is 1. The lowest BCUT2D eigenvalue weighted by atomic mass is 10.1. The minimum absolute atomic E-state index is 0.175. The second kappa shape index (κ2) is 10.5. The van der Waals surface area contributed by atoms with Gasteiger partial charge in [-0.3, -0.25) is 24.3 Å². The van der Waals surface area contributed by atoms with Crippen molar-refractivity contribution < 1.29 is 28.6 Å². The Bertz CT molecular complexity index is 1030. The van der Waals surface area contributed by atoms with Gasteiger partial charge in [0, 0.05) is 12.4 Å². The fourth-order valence-corrected chi connectivity index (χ4v) is 4.13. The number of nitrogens with zero attached hydrogens (tertiary/aromatic N) is 2. The molecule has 1 saturated heterocycles. The van der Waals surface area contributed by atoms with Crippen molar-refractivity contribution in [1.29, 1.82) is 0 Å². The van der Waals surface area contributed by atoms with E-state index in [4.69, 9.17) is 14.2 Å². The molecule has 2 amide bonds. The average molecular weight is 507 g/mol. The van der Waals surface area contributed by atoms with E-state index in [-0.39, 0.29) is 11.5 Å². The number of ether oxygens (including phenoxy) is 3. The van der Waals surface area contributed by atoms with Crippen LogP contribution in [0.3, 0.4) is 0 Å². The first kappa shape index (κ1) is 22.8. The number of rotatable bonds is 8. The molecule has 1 aliphatic rings. The number of aromatic nitrogens is 1. The normalized spacial score (nSPS) is 14.8. The highest BCUT2D eigenvalue weighted by Gasteiger charge is 2.36. The summed E-state index contributed by atoms with van der Waals surface area (Å²) in [4.78, 5) is 41.4. The third kappa shape index (κ3) is 5.65. The molecule has 10 heteroatoms. The van der Waals surface area contributed by atoms with E-state index in [0.717, 1.165) is 22.2 Å². The predicted molar refractivity (Wildman–Crippen MR) is 119 cm³/mol. The van der Waals surface area contributed by atoms with Gasteiger partial charge in [0.25, 0.3) is 11.1 Å². The minimum atomic E-state index is -0.633. The highest BCUT2D eigenvalue weighted by Crippen LogP contribution is 2.39. The molecule has 0 spiro atoms. The van der Waals surface area contributed by atoms with Gasteiger partial charge in [0.15, 0.2) is 11.5 Å². The minimum Gasteiger partial charge on any atom is -0.493 e. The number of imide groups is 1. The van der Waals surface area contributed by atoms with Crippen molar-refractivity contribution in [2.45, 2.75) is 13.5 Å². The number of carbonyl (C=O) groups excluding carboxylic acids is 3. The van der Waals surface area contributed by atoms with Crippen LogP contribution in [0, 0.1) is 0 Å². The van der Waals surface area contributed by atoms with Crippen molar-refractivity contribution >= 4 is 50.9 Å². The number of hydrogen-bond acceptors (Lipinski definition) is 8. The molecule has 31 heavy (non-hydrogen) atoms. The fraction of sp³-hybridized carbons (Fsp3) is 0.238. The summed E-state index contributed by atoms with van der Waals surface area (Å²) in [6.07, 6.45) is 4.93. The molecule has 0 aliphatic carbocycles. The number of amides is 2. The summed E-state index contributed by atoms with van der Waals surface area (Å²) >= 11 is 4.24. The van der Waals surface area contributed by atoms with E-state index in [9.17, 15) is 14.4 Å². The van der Waals surface area contributed by atoms with Gasteiger partial charge in [0.05, 0.1) is 23.1 Å². The quantitative estimate of drug-likeness (QED) is 0.391. The third-order valence-electron chi connectivity index (χ3n) is 4.15. The lowest BCUT2D eigenvalue weighted by Crippen LogP contribution is -2.34. The van der Waals surface area contributed by atoms with E-state index in [1.165, 1.54) is 7.11 Å². The van der Waals surface area contributed by atoms with Gasteiger partial charge >= 0.3 is 5.97 Å². The molecule has 3 rings (SSSR count). The number of hydrogen-bond donors (Lipinski definition) is 0. The first-order valence-corrected chi connectivity index (χ1v) is 10.8. The summed E-state index contributed by atoms with van der Waals surface area (Å²) < 4.78 is 16.8. The zero-order chi connectivity index (χ0) is 22.4. The van der Waals surface area contributed by atoms with E-state index in [0.29, 0.717) is 28.1 Å². The Labute approximate surface area is 191 Å². The van der Waals surface area contributed by atoms with Crippen molar-refractivity contribution in [3.05, 3.63) is 57.2 Å². The van der Waals surface area contributed by atoms with Gasteiger partial charge in [0.2, 0.25) is 0 Å². The maximum absolute atomic E-state index is 12.6. The van der Waals surface area contributed by atoms with Crippen LogP contribution in [0.5, 0.6) is 11.5 Å². The molecule has 0 radical (unpaired) electrons. The number of thioether (sulfide) groups is 1. The molecule has 1 aromatic heterocycles. The lowest BCUT2D eigenvalue weighted by Gasteiger charge is -2.14. The van der Waals surface area contributed by atoms with Crippen molar-refractivity contribution in [2.24, 2.45) is 0 Å². The second-order valence-corrected chi connectivity index (χ2v) is 8.10. The van der Waals surface area contributed by atoms with Crippen LogP contribution >= 0.6 is 27.7 Å². The topological polar surface area (TPSA) is 95.0 Å². The number of benzene rings is 1. The molecule has 0 unspecified atom stereocenters. The largest absolute Gasteiger partial charge is 0.493 e. The molecule has 0 saturated carbocycles. The van der Waals surface area contributed by atoms with E-state index in [2.05, 4.69) is 20.9 Å². The summed E-state index contributed by atoms with van der Waals surface area (Å²) in [5.41, 5.74) is 1.57. The van der Waals surface area contributed by atoms with Crippen molar-refractivity contribution in [2.75, 3.05) is 20.3 Å². The van der Waals surface area contributed by atoms with E-state index >= 15 is 0 Å². The Morgan fingerprint density at radius 3 is 2.68 bits per heavy atom. The monoisotopic (exact) mass is 506 g/mol. The van der Waals surface area contributed by atoms with Gasteiger partial charge in [-0.25, -0.2) is 0 Å². The van der Waals surface area contributed by atoms with Crippen LogP contribution in [0.25, 0.3) is 6.08 Å². The molecule has 1 aromatic carbocycles. The standard InChI is InChI=1S/C21H19BrN2O6S/c1-3-29-18(25)11-24-20(26)17(31-21(24)27)10-14-8-15(22)19(16(9-14)28-2)30-12-13-4-6-23-7-5-13/h4-10H,3,11-12H2,1-2H3/b17-10-. The van der Waals surface area contributed by atoms with Crippen LogP contribution in [-0.2, 0) is 20.9 Å². The Morgan fingerprint density at radius 1 is 1.26 bits per heavy atom. The highest BCUT2D eigenvalue weighted by atomic mass is 79.9. The molecular formula is C21H19BrN2O6S. The third-order valence-corrected chi connectivity index (χ3v) is 5.64. The molecule has 2 heterocycles. The summed E-state index contributed by atoms with van der Waals surface area (Å²) in [5, 5.41) is -0.521. The highest BCUT2D eigenvalue weighted by molar-refractivity contribution is 9.10. The second-order valence-electron chi connectivity index (χ2n) is 6.25. The van der Waals surface area contributed by atoms with Gasteiger partial charge in [-0.2, -0.15) is 0 Å². The summed E-state index contributed by atoms with van der Waals surface area (Å²) in [6.45, 7) is 1.74. The molecule has 162 valence electrons. The maximum atomic E-state index is 12.6. The van der Waals surface area contributed by atoms with Gasteiger partial charge < -0.3 is 14.2 Å². The Kier molecular flexibility index (Phi) is 7.69. The molecule has 1 aliphatic heterocycles. The summed E-state index contributed by atoms with van der Waals surface area (Å²) in [7, 11) is 1.51. The van der Waals surface area contributed by atoms with Crippen LogP contribution < -0.4 is 9.47 Å². The first-order valence-electron chi connectivity index (χ1n) is 9.23. The summed E-state index contributed by atoms with van der Waals surface area (Å²) in [6, 6.07) is 7.15. The fourth-order valence-electron chi connectivity index (χ4n) is 2.72. The molecular weight excluding hydrogens is 488 g/mol. The Morgan fingerprint density at radius 2 is 2.00 bits per heavy atom. The van der Waals surface area contributed by atoms with Crippen LogP contribution in [-0.4, -0.2) is 47.3 Å². The molecule has 2 aromatic rings. The molecule has 8 nitrogen and oxygen atoms in total. The van der Waals surface area contributed by atoms with E-state index in [1.54, 1.807) is 37.5 Å². The SMILES string of the molecule is CCOC(=O)CN1C(=O)S/C(=C\c2cc(Br)c(OCc3ccncc3)c(OC)c2)C1=O. The van der Waals surface area contributed by atoms with E-state index in [1.807, 2.05) is 12.1 Å². The Hall–Kier alpha value is -2.85. The molecule has 0 atom stereocenters. The van der Waals surface area contributed by atoms with Gasteiger partial charge in [0.1, 0.15) is 13.2 Å². The van der Waals surface area contributed by atoms with Crippen LogP contribution in [0.4, 0.5) is 4.79 Å². The Balaban J connectivity index is 1.79. The van der Waals surface area contributed by atoms with E-state index < -0.39 is 23.7 Å². The number of pyridine rings is 1. The first-order chi connectivity index (χ1) is 14.9. The van der Waals surface area contributed by atoms with Gasteiger partial charge in [-0.05, 0) is 76.1 Å². The zero-order valence-corrected chi connectivity index (χ0v) is 19.2. The van der Waals surface area contributed by atoms with Crippen LogP contribution in [0.1, 0.15) is 18.1 Å². The molecule has 1 fully saturated rings. The summed E-state index contributed by atoms with van der Waals surface area (Å²) in [5.74, 6) is -0.213. The maximum Gasteiger partial charge on any atom is 0.326 e. The van der Waals surface area contributed by atoms with Crippen molar-refractivity contribution in [3.63, 3.8) is 0 Å². The predicted octanol–water partition coefficient (Wildman–Crippen LogP) is 4.03. The van der Waals surface area contributed by atoms with Crippen LogP contribution in [0.2, 0.25) is 0 Å². The van der Waals surface area contributed by atoms with Crippen molar-refractivity contribution in [3.8, 4) is 11.5 Å². The number of esters is 1. The lowest BCUT2D eigenvalue weighted by molar-refractivity contribution is -0.145. The zero-order valence-electron chi connectivity index (χ0n) is 16.8. The smallest absolute Gasteiger partial charge is 0.326 e. The molecule has 0 bridgehead atoms. The average Bonchev–Trinajstić information content (AvgIpc) is 3.00. The number of halogens is 1. The molecule has 0 N–H and O–H groups in total. The van der Waals surface area contributed by atoms with Gasteiger partial charge in [-0.15, -0.1) is 0 Å². The van der Waals surface area contributed by atoms with Crippen molar-refractivity contribution in [1.82, 2.24) is 9.88 Å². The van der Waals surface area contributed by atoms with Crippen LogP contribution in [0.15, 0.2) is 46.0 Å². The van der Waals surface area contributed by atoms with Gasteiger partial charge in [-0.1, -0.05) is 0 Å². The number of carbonyl (C=O) groups is 3.